The Labute approximate surface area is 165 Å². The highest BCUT2D eigenvalue weighted by Crippen LogP contribution is 2.42. The predicted octanol–water partition coefficient (Wildman–Crippen LogP) is 3.98. The van der Waals surface area contributed by atoms with Crippen molar-refractivity contribution in [3.05, 3.63) is 65.5 Å². The lowest BCUT2D eigenvalue weighted by molar-refractivity contribution is -0.275. The molecule has 0 amide bonds. The number of aliphatic hydroxyl groups is 1. The fourth-order valence-corrected chi connectivity index (χ4v) is 4.33. The van der Waals surface area contributed by atoms with Gasteiger partial charge in [0.25, 0.3) is 0 Å². The van der Waals surface area contributed by atoms with Crippen molar-refractivity contribution in [2.24, 2.45) is 0 Å². The van der Waals surface area contributed by atoms with E-state index in [0.717, 1.165) is 17.7 Å². The molecule has 0 aromatic heterocycles. The maximum Gasteiger partial charge on any atom is 0.573 e. The van der Waals surface area contributed by atoms with Crippen LogP contribution in [-0.4, -0.2) is 41.7 Å². The SMILES string of the molecule is OC1(c2ccc(OC(F)(F)F)c(F)c2)CC2COCC(C1)N2Cc1ccccc1. The van der Waals surface area contributed by atoms with Crippen molar-refractivity contribution in [1.29, 1.82) is 0 Å². The predicted molar refractivity (Wildman–Crippen MR) is 96.6 cm³/mol. The third-order valence-corrected chi connectivity index (χ3v) is 5.61. The summed E-state index contributed by atoms with van der Waals surface area (Å²) in [5.74, 6) is -2.06. The highest BCUT2D eigenvalue weighted by molar-refractivity contribution is 5.34. The van der Waals surface area contributed by atoms with E-state index < -0.39 is 23.5 Å². The Balaban J connectivity index is 1.55. The van der Waals surface area contributed by atoms with Crippen LogP contribution in [0.2, 0.25) is 0 Å². The van der Waals surface area contributed by atoms with Gasteiger partial charge in [0.1, 0.15) is 0 Å². The Hall–Kier alpha value is -2.16. The molecule has 0 aliphatic carbocycles. The molecule has 2 saturated heterocycles. The van der Waals surface area contributed by atoms with Crippen LogP contribution in [0.1, 0.15) is 24.0 Å². The van der Waals surface area contributed by atoms with Crippen molar-refractivity contribution >= 4 is 0 Å². The molecule has 2 aromatic carbocycles. The van der Waals surface area contributed by atoms with Crippen LogP contribution in [0.4, 0.5) is 17.6 Å². The van der Waals surface area contributed by atoms with Gasteiger partial charge >= 0.3 is 6.36 Å². The van der Waals surface area contributed by atoms with Crippen molar-refractivity contribution in [2.45, 2.75) is 43.4 Å². The summed E-state index contributed by atoms with van der Waals surface area (Å²) in [4.78, 5) is 2.28. The van der Waals surface area contributed by atoms with Crippen LogP contribution in [0.15, 0.2) is 48.5 Å². The third kappa shape index (κ3) is 4.39. The number of alkyl halides is 3. The van der Waals surface area contributed by atoms with Gasteiger partial charge in [-0.3, -0.25) is 4.90 Å². The smallest absolute Gasteiger partial charge is 0.403 e. The Morgan fingerprint density at radius 3 is 2.31 bits per heavy atom. The fraction of sp³-hybridized carbons (Fsp3) is 0.429. The van der Waals surface area contributed by atoms with Crippen LogP contribution >= 0.6 is 0 Å². The largest absolute Gasteiger partial charge is 0.573 e. The first-order valence-corrected chi connectivity index (χ1v) is 9.39. The second-order valence-electron chi connectivity index (χ2n) is 7.64. The lowest BCUT2D eigenvalue weighted by Crippen LogP contribution is -2.60. The lowest BCUT2D eigenvalue weighted by atomic mass is 9.76. The molecule has 0 spiro atoms. The second kappa shape index (κ2) is 7.59. The molecule has 2 bridgehead atoms. The molecule has 1 N–H and O–H groups in total. The summed E-state index contributed by atoms with van der Waals surface area (Å²) in [5.41, 5.74) is 0.0551. The molecular weight excluding hydrogens is 390 g/mol. The van der Waals surface area contributed by atoms with Gasteiger partial charge in [-0.15, -0.1) is 13.2 Å². The van der Waals surface area contributed by atoms with Crippen molar-refractivity contribution < 1.29 is 32.1 Å². The zero-order valence-electron chi connectivity index (χ0n) is 15.5. The molecule has 2 unspecified atom stereocenters. The van der Waals surface area contributed by atoms with Gasteiger partial charge in [0.15, 0.2) is 11.6 Å². The van der Waals surface area contributed by atoms with E-state index in [4.69, 9.17) is 4.74 Å². The van der Waals surface area contributed by atoms with Crippen molar-refractivity contribution in [1.82, 2.24) is 4.90 Å². The first-order chi connectivity index (χ1) is 13.7. The Bertz CT molecular complexity index is 845. The summed E-state index contributed by atoms with van der Waals surface area (Å²) >= 11 is 0. The number of halogens is 4. The molecule has 4 rings (SSSR count). The van der Waals surface area contributed by atoms with Gasteiger partial charge in [-0.05, 0) is 36.1 Å². The molecule has 2 aromatic rings. The minimum absolute atomic E-state index is 0.0816. The molecular formula is C21H21F4NO3. The van der Waals surface area contributed by atoms with Crippen molar-refractivity contribution in [3.8, 4) is 5.75 Å². The van der Waals surface area contributed by atoms with Crippen molar-refractivity contribution in [3.63, 3.8) is 0 Å². The van der Waals surface area contributed by atoms with E-state index in [0.29, 0.717) is 32.6 Å². The van der Waals surface area contributed by atoms with E-state index in [1.807, 2.05) is 30.3 Å². The molecule has 4 nitrogen and oxygen atoms in total. The minimum atomic E-state index is -4.98. The van der Waals surface area contributed by atoms with E-state index >= 15 is 0 Å². The molecule has 2 aliphatic heterocycles. The molecule has 156 valence electrons. The molecule has 0 radical (unpaired) electrons. The summed E-state index contributed by atoms with van der Waals surface area (Å²) in [6.45, 7) is 1.58. The molecule has 2 atom stereocenters. The second-order valence-corrected chi connectivity index (χ2v) is 7.64. The highest BCUT2D eigenvalue weighted by Gasteiger charge is 2.47. The van der Waals surface area contributed by atoms with E-state index in [1.165, 1.54) is 6.07 Å². The van der Waals surface area contributed by atoms with E-state index in [9.17, 15) is 22.7 Å². The van der Waals surface area contributed by atoms with E-state index in [-0.39, 0.29) is 17.6 Å². The monoisotopic (exact) mass is 411 g/mol. The maximum absolute atomic E-state index is 14.2. The first-order valence-electron chi connectivity index (χ1n) is 9.39. The number of morpholine rings is 1. The number of piperidine rings is 1. The summed E-state index contributed by atoms with van der Waals surface area (Å²) in [5, 5.41) is 11.3. The van der Waals surface area contributed by atoms with Gasteiger partial charge in [0.2, 0.25) is 0 Å². The first kappa shape index (κ1) is 20.1. The summed E-state index contributed by atoms with van der Waals surface area (Å²) in [6, 6.07) is 12.9. The van der Waals surface area contributed by atoms with Crippen LogP contribution in [0.25, 0.3) is 0 Å². The number of ether oxygens (including phenoxy) is 2. The summed E-state index contributed by atoms with van der Waals surface area (Å²) in [7, 11) is 0. The molecule has 0 saturated carbocycles. The standard InChI is InChI=1S/C21H21F4NO3/c22-18-8-15(6-7-19(18)29-21(23,24)25)20(27)9-16-12-28-13-17(10-20)26(16)11-14-4-2-1-3-5-14/h1-8,16-17,27H,9-13H2. The third-order valence-electron chi connectivity index (χ3n) is 5.61. The van der Waals surface area contributed by atoms with E-state index in [2.05, 4.69) is 9.64 Å². The normalized spacial score (nSPS) is 27.6. The molecule has 2 aliphatic rings. The van der Waals surface area contributed by atoms with Gasteiger partial charge in [-0.1, -0.05) is 36.4 Å². The zero-order valence-corrected chi connectivity index (χ0v) is 15.5. The fourth-order valence-electron chi connectivity index (χ4n) is 4.33. The zero-order chi connectivity index (χ0) is 20.6. The molecule has 29 heavy (non-hydrogen) atoms. The van der Waals surface area contributed by atoms with Gasteiger partial charge < -0.3 is 14.6 Å². The number of hydrogen-bond acceptors (Lipinski definition) is 4. The number of rotatable bonds is 4. The topological polar surface area (TPSA) is 41.9 Å². The van der Waals surface area contributed by atoms with Gasteiger partial charge in [0.05, 0.1) is 18.8 Å². The Morgan fingerprint density at radius 2 is 1.72 bits per heavy atom. The Kier molecular flexibility index (Phi) is 5.27. The number of benzene rings is 2. The number of nitrogens with zero attached hydrogens (tertiary/aromatic N) is 1. The van der Waals surface area contributed by atoms with Crippen LogP contribution in [0.3, 0.4) is 0 Å². The van der Waals surface area contributed by atoms with Crippen molar-refractivity contribution in [2.75, 3.05) is 13.2 Å². The lowest BCUT2D eigenvalue weighted by Gasteiger charge is -2.52. The van der Waals surface area contributed by atoms with E-state index in [1.54, 1.807) is 0 Å². The molecule has 2 heterocycles. The average molecular weight is 411 g/mol. The number of fused-ring (bicyclic) bond motifs is 2. The molecule has 2 fully saturated rings. The average Bonchev–Trinajstić information content (AvgIpc) is 2.64. The van der Waals surface area contributed by atoms with Gasteiger partial charge in [0, 0.05) is 18.6 Å². The highest BCUT2D eigenvalue weighted by atomic mass is 19.4. The van der Waals surface area contributed by atoms with Gasteiger partial charge in [-0.2, -0.15) is 0 Å². The van der Waals surface area contributed by atoms with Crippen LogP contribution < -0.4 is 4.74 Å². The molecule has 8 heteroatoms. The summed E-state index contributed by atoms with van der Waals surface area (Å²) < 4.78 is 60.6. The van der Waals surface area contributed by atoms with Crippen LogP contribution in [0, 0.1) is 5.82 Å². The quantitative estimate of drug-likeness (QED) is 0.773. The minimum Gasteiger partial charge on any atom is -0.403 e. The Morgan fingerprint density at radius 1 is 1.07 bits per heavy atom. The van der Waals surface area contributed by atoms with Crippen LogP contribution in [-0.2, 0) is 16.9 Å². The maximum atomic E-state index is 14.2. The number of hydrogen-bond donors (Lipinski definition) is 1. The van der Waals surface area contributed by atoms with Gasteiger partial charge in [-0.25, -0.2) is 4.39 Å². The van der Waals surface area contributed by atoms with Crippen LogP contribution in [0.5, 0.6) is 5.75 Å². The summed E-state index contributed by atoms with van der Waals surface area (Å²) in [6.07, 6.45) is -4.37.